The summed E-state index contributed by atoms with van der Waals surface area (Å²) in [6, 6.07) is 17.6. The Balaban J connectivity index is 0.813. The van der Waals surface area contributed by atoms with Gasteiger partial charge in [-0.1, -0.05) is 74.0 Å². The Morgan fingerprint density at radius 1 is 0.762 bits per heavy atom. The van der Waals surface area contributed by atoms with Gasteiger partial charge >= 0.3 is 5.97 Å². The molecule has 0 radical (unpaired) electrons. The van der Waals surface area contributed by atoms with Crippen LogP contribution in [0.4, 0.5) is 4.39 Å². The third kappa shape index (κ3) is 11.9. The molecule has 3 aromatic carbocycles. The van der Waals surface area contributed by atoms with Crippen LogP contribution in [0.5, 0.6) is 0 Å². The maximum atomic E-state index is 15.5. The number of carbonyl (C=O) groups is 9. The highest BCUT2D eigenvalue weighted by atomic mass is 19.1. The lowest BCUT2D eigenvalue weighted by molar-refractivity contribution is -0.172. The summed E-state index contributed by atoms with van der Waals surface area (Å²) in [6.45, 7) is 1.52. The number of hydrogen-bond acceptors (Lipinski definition) is 13. The van der Waals surface area contributed by atoms with Crippen LogP contribution in [0.3, 0.4) is 0 Å². The van der Waals surface area contributed by atoms with E-state index in [4.69, 9.17) is 9.72 Å². The van der Waals surface area contributed by atoms with E-state index in [9.17, 15) is 53.1 Å². The van der Waals surface area contributed by atoms with Crippen LogP contribution in [-0.2, 0) is 85.9 Å². The lowest BCUT2D eigenvalue weighted by atomic mass is 9.81. The molecule has 0 bridgehead atoms. The van der Waals surface area contributed by atoms with Crippen molar-refractivity contribution >= 4 is 64.1 Å². The van der Waals surface area contributed by atoms with Gasteiger partial charge in [-0.25, -0.2) is 14.2 Å². The summed E-state index contributed by atoms with van der Waals surface area (Å²) in [5, 5.41) is 28.0. The molecule has 22 heteroatoms. The van der Waals surface area contributed by atoms with Gasteiger partial charge in [0.1, 0.15) is 24.5 Å². The number of unbranched alkanes of at least 4 members (excludes halogenated alkanes) is 2. The minimum atomic E-state index is -2.07. The number of esters is 1. The van der Waals surface area contributed by atoms with Gasteiger partial charge in [-0.15, -0.1) is 0 Å². The van der Waals surface area contributed by atoms with Crippen molar-refractivity contribution in [1.82, 2.24) is 46.4 Å². The maximum Gasteiger partial charge on any atom is 0.343 e. The van der Waals surface area contributed by atoms with Crippen molar-refractivity contribution in [3.8, 4) is 11.4 Å². The largest absolute Gasteiger partial charge is 0.458 e. The van der Waals surface area contributed by atoms with E-state index in [1.807, 2.05) is 0 Å². The minimum absolute atomic E-state index is 0.00660. The predicted molar refractivity (Wildman–Crippen MR) is 286 cm³/mol. The maximum absolute atomic E-state index is 15.5. The summed E-state index contributed by atoms with van der Waals surface area (Å²) in [5.74, 6) is -5.98. The van der Waals surface area contributed by atoms with E-state index >= 15 is 4.39 Å². The number of halogens is 1. The van der Waals surface area contributed by atoms with E-state index in [1.54, 1.807) is 80.6 Å². The molecule has 1 aliphatic carbocycles. The van der Waals surface area contributed by atoms with Crippen LogP contribution in [0.25, 0.3) is 22.3 Å². The van der Waals surface area contributed by atoms with Crippen LogP contribution in [0.1, 0.15) is 96.0 Å². The topological polar surface area (TPSA) is 293 Å². The van der Waals surface area contributed by atoms with E-state index in [0.29, 0.717) is 76.7 Å². The van der Waals surface area contributed by atoms with E-state index in [1.165, 1.54) is 22.8 Å². The van der Waals surface area contributed by atoms with Crippen molar-refractivity contribution in [3.05, 3.63) is 146 Å². The predicted octanol–water partition coefficient (Wildman–Crippen LogP) is 1.92. The van der Waals surface area contributed by atoms with Gasteiger partial charge < -0.3 is 46.3 Å². The number of rotatable bonds is 22. The Morgan fingerprint density at radius 2 is 1.38 bits per heavy atom. The van der Waals surface area contributed by atoms with Crippen molar-refractivity contribution in [2.75, 3.05) is 26.2 Å². The third-order valence-corrected chi connectivity index (χ3v) is 15.1. The van der Waals surface area contributed by atoms with Crippen molar-refractivity contribution < 1.29 is 57.4 Å². The summed E-state index contributed by atoms with van der Waals surface area (Å²) in [6.07, 6.45) is 4.72. The molecule has 21 nitrogen and oxygen atoms in total. The molecule has 0 fully saturated rings. The van der Waals surface area contributed by atoms with Crippen LogP contribution >= 0.6 is 0 Å². The smallest absolute Gasteiger partial charge is 0.343 e. The Morgan fingerprint density at radius 3 is 2.01 bits per heavy atom. The van der Waals surface area contributed by atoms with Crippen molar-refractivity contribution in [2.24, 2.45) is 0 Å². The van der Waals surface area contributed by atoms with Crippen molar-refractivity contribution in [3.63, 3.8) is 0 Å². The Labute approximate surface area is 458 Å². The fourth-order valence-electron chi connectivity index (χ4n) is 10.8. The quantitative estimate of drug-likeness (QED) is 0.0291. The second kappa shape index (κ2) is 24.0. The SMILES string of the molecule is CC[C@@]1(O)C(=O)OCc2c1cc1n(c2=O)Cc2c-1nc1cc(F)c(C)c3c1c2[C@@H](NC(=O)CNC(=O)[C@H](Cc1ccccc1)NC(=O)CNC(=O)CNC(=O)C(Cc1ccccc1)NC(=O)CCCCCN1C(=O)C=CC1=O)CC3. The number of fused-ring (bicyclic) bond motifs is 5. The molecule has 416 valence electrons. The van der Waals surface area contributed by atoms with Crippen LogP contribution in [0.15, 0.2) is 89.7 Å². The number of nitrogens with one attached hydrogen (secondary N) is 6. The summed E-state index contributed by atoms with van der Waals surface area (Å²) in [7, 11) is 0. The average Bonchev–Trinajstić information content (AvgIpc) is 4.20. The monoisotopic (exact) mass is 1090 g/mol. The molecule has 5 aromatic rings. The molecule has 8 amide bonds. The zero-order valence-corrected chi connectivity index (χ0v) is 44.1. The standard InChI is InChI=1S/C58H60FN9O12/c1-3-58(79)38-25-44-53-36(30-68(44)56(77)37(38)31-80-57(58)78)52-40(19-18-35-32(2)39(59)26-41(66-53)51(35)52)63-48(72)29-62-55(76)43(24-34-15-9-5-10-16-34)65-47(71)28-60-46(70)27-61-54(75)42(23-33-13-7-4-8-14-33)64-45(69)17-11-6-12-22-67-49(73)20-21-50(67)74/h4-5,7-10,13-16,20-21,25-26,40,42-43,79H,3,6,11-12,17-19,22-24,27-31H2,1-2H3,(H,60,70)(H,61,75)(H,62,76)(H,63,72)(H,64,69)(H,65,71)/t40-,42?,43-,58-/m0/s1. The molecule has 0 saturated heterocycles. The van der Waals surface area contributed by atoms with Gasteiger partial charge in [-0.3, -0.25) is 48.1 Å². The summed E-state index contributed by atoms with van der Waals surface area (Å²) < 4.78 is 22.2. The number of cyclic esters (lactones) is 1. The molecule has 3 aliphatic heterocycles. The highest BCUT2D eigenvalue weighted by molar-refractivity contribution is 6.12. The number of hydrogen-bond donors (Lipinski definition) is 7. The number of ether oxygens (including phenoxy) is 1. The van der Waals surface area contributed by atoms with Gasteiger partial charge in [0, 0.05) is 60.5 Å². The van der Waals surface area contributed by atoms with Gasteiger partial charge in [0.25, 0.3) is 17.4 Å². The summed E-state index contributed by atoms with van der Waals surface area (Å²) >= 11 is 0. The number of benzene rings is 3. The molecule has 5 heterocycles. The summed E-state index contributed by atoms with van der Waals surface area (Å²) in [5.41, 5.74) is 2.36. The Hall–Kier alpha value is -8.92. The van der Waals surface area contributed by atoms with Gasteiger partial charge in [0.2, 0.25) is 35.4 Å². The molecular weight excluding hydrogens is 1030 g/mol. The zero-order chi connectivity index (χ0) is 56.8. The van der Waals surface area contributed by atoms with Crippen molar-refractivity contribution in [1.29, 1.82) is 0 Å². The lowest BCUT2D eigenvalue weighted by Crippen LogP contribution is -2.53. The van der Waals surface area contributed by atoms with E-state index in [2.05, 4.69) is 31.9 Å². The molecule has 2 aromatic heterocycles. The number of aromatic nitrogens is 2. The second-order valence-corrected chi connectivity index (χ2v) is 20.3. The zero-order valence-electron chi connectivity index (χ0n) is 44.1. The van der Waals surface area contributed by atoms with Crippen molar-refractivity contribution in [2.45, 2.75) is 109 Å². The fraction of sp³-hybridized carbons (Fsp3) is 0.362. The van der Waals surface area contributed by atoms with Gasteiger partial charge in [0.05, 0.1) is 54.7 Å². The Kier molecular flexibility index (Phi) is 16.7. The number of pyridine rings is 2. The summed E-state index contributed by atoms with van der Waals surface area (Å²) in [4.78, 5) is 137. The number of carbonyl (C=O) groups excluding carboxylic acids is 9. The number of amides is 8. The van der Waals surface area contributed by atoms with Crippen LogP contribution < -0.4 is 37.5 Å². The molecule has 0 spiro atoms. The third-order valence-electron chi connectivity index (χ3n) is 15.1. The first kappa shape index (κ1) is 55.8. The first-order valence-corrected chi connectivity index (χ1v) is 26.6. The molecule has 80 heavy (non-hydrogen) atoms. The van der Waals surface area contributed by atoms with Crippen LogP contribution in [0.2, 0.25) is 0 Å². The number of imide groups is 1. The van der Waals surface area contributed by atoms with Gasteiger partial charge in [0.15, 0.2) is 5.60 Å². The first-order valence-electron chi connectivity index (χ1n) is 26.6. The number of aliphatic hydroxyl groups is 1. The Bertz CT molecular complexity index is 3420. The highest BCUT2D eigenvalue weighted by Gasteiger charge is 2.46. The van der Waals surface area contributed by atoms with E-state index in [-0.39, 0.29) is 73.8 Å². The molecule has 4 atom stereocenters. The first-order chi connectivity index (χ1) is 38.4. The fourth-order valence-corrected chi connectivity index (χ4v) is 10.8. The minimum Gasteiger partial charge on any atom is -0.458 e. The molecular formula is C58H60FN9O12. The van der Waals surface area contributed by atoms with Crippen LogP contribution in [0, 0.1) is 12.7 Å². The second-order valence-electron chi connectivity index (χ2n) is 20.3. The molecule has 7 N–H and O–H groups in total. The molecule has 0 saturated carbocycles. The van der Waals surface area contributed by atoms with E-state index < -0.39 is 96.1 Å². The lowest BCUT2D eigenvalue weighted by Gasteiger charge is -2.31. The molecule has 4 aliphatic rings. The highest BCUT2D eigenvalue weighted by Crippen LogP contribution is 2.46. The van der Waals surface area contributed by atoms with Gasteiger partial charge in [-0.2, -0.15) is 0 Å². The van der Waals surface area contributed by atoms with Gasteiger partial charge in [-0.05, 0) is 72.9 Å². The average molecular weight is 1090 g/mol. The van der Waals surface area contributed by atoms with E-state index in [0.717, 1.165) is 10.5 Å². The number of nitrogens with zero attached hydrogens (tertiary/aromatic N) is 3. The number of aryl methyl sites for hydroxylation is 1. The van der Waals surface area contributed by atoms with Crippen LogP contribution in [-0.4, -0.2) is 111 Å². The molecule has 1 unspecified atom stereocenters. The normalized spacial score (nSPS) is 17.4. The molecule has 9 rings (SSSR count).